The van der Waals surface area contributed by atoms with Gasteiger partial charge in [-0.3, -0.25) is 25.3 Å². The molecule has 1 aliphatic rings. The number of nitro groups is 1. The Balaban J connectivity index is 1.77. The molecule has 1 N–H and O–H groups in total. The molecule has 7 nitrogen and oxygen atoms in total. The van der Waals surface area contributed by atoms with Crippen molar-refractivity contribution >= 4 is 17.4 Å². The predicted octanol–water partition coefficient (Wildman–Crippen LogP) is 2.92. The van der Waals surface area contributed by atoms with Crippen LogP contribution in [-0.4, -0.2) is 40.9 Å². The van der Waals surface area contributed by atoms with Gasteiger partial charge in [-0.25, -0.2) is 5.01 Å². The molecule has 0 saturated heterocycles. The van der Waals surface area contributed by atoms with E-state index in [1.165, 1.54) is 12.1 Å². The predicted molar refractivity (Wildman–Crippen MR) is 90.8 cm³/mol. The van der Waals surface area contributed by atoms with Gasteiger partial charge in [0, 0.05) is 17.7 Å². The van der Waals surface area contributed by atoms with Gasteiger partial charge in [-0.05, 0) is 23.3 Å². The Morgan fingerprint density at radius 3 is 2.07 bits per heavy atom. The number of carbonyl (C=O) groups is 1. The van der Waals surface area contributed by atoms with Crippen molar-refractivity contribution in [3.05, 3.63) is 64.2 Å². The number of alkyl halides is 3. The quantitative estimate of drug-likeness (QED) is 0.655. The van der Waals surface area contributed by atoms with Crippen molar-refractivity contribution in [1.29, 1.82) is 0 Å². The topological polar surface area (TPSA) is 87.8 Å². The lowest BCUT2D eigenvalue weighted by Gasteiger charge is -2.29. The highest BCUT2D eigenvalue weighted by Gasteiger charge is 2.35. The molecule has 0 atom stereocenters. The first-order valence-corrected chi connectivity index (χ1v) is 7.76. The van der Waals surface area contributed by atoms with Crippen LogP contribution in [0.3, 0.4) is 0 Å². The van der Waals surface area contributed by atoms with Crippen LogP contribution in [0.1, 0.15) is 5.56 Å². The number of non-ortho nitro benzene ring substituents is 1. The summed E-state index contributed by atoms with van der Waals surface area (Å²) in [6.07, 6.45) is -4.52. The van der Waals surface area contributed by atoms with Gasteiger partial charge >= 0.3 is 6.18 Å². The van der Waals surface area contributed by atoms with Crippen molar-refractivity contribution in [2.24, 2.45) is 4.99 Å². The summed E-state index contributed by atoms with van der Waals surface area (Å²) in [6.45, 7) is -1.78. The molecule has 0 bridgehead atoms. The molecule has 0 aromatic heterocycles. The van der Waals surface area contributed by atoms with Crippen molar-refractivity contribution in [3.8, 4) is 11.1 Å². The summed E-state index contributed by atoms with van der Waals surface area (Å²) in [6, 6.07) is 12.7. The number of aliphatic imine (C=N–C) groups is 1. The van der Waals surface area contributed by atoms with Crippen molar-refractivity contribution in [3.63, 3.8) is 0 Å². The van der Waals surface area contributed by atoms with Gasteiger partial charge in [0.1, 0.15) is 18.9 Å². The minimum atomic E-state index is -4.52. The SMILES string of the molecule is O=C1CN=C(c2ccc(-c3ccc([N+](=O)[O-])cc3)cc2)NN1CC(F)(F)F. The van der Waals surface area contributed by atoms with Crippen LogP contribution in [0.15, 0.2) is 53.5 Å². The van der Waals surface area contributed by atoms with Crippen LogP contribution in [0.2, 0.25) is 0 Å². The smallest absolute Gasteiger partial charge is 0.279 e. The first kappa shape index (κ1) is 18.4. The lowest BCUT2D eigenvalue weighted by atomic mass is 10.0. The van der Waals surface area contributed by atoms with Gasteiger partial charge in [-0.2, -0.15) is 13.2 Å². The van der Waals surface area contributed by atoms with E-state index in [4.69, 9.17) is 0 Å². The zero-order chi connectivity index (χ0) is 19.6. The summed E-state index contributed by atoms with van der Waals surface area (Å²) < 4.78 is 37.6. The van der Waals surface area contributed by atoms with Crippen LogP contribution in [0, 0.1) is 10.1 Å². The summed E-state index contributed by atoms with van der Waals surface area (Å²) in [7, 11) is 0. The van der Waals surface area contributed by atoms with Gasteiger partial charge in [0.15, 0.2) is 0 Å². The number of amides is 1. The Hall–Kier alpha value is -3.43. The number of amidine groups is 1. The molecule has 0 fully saturated rings. The number of nitro benzene ring substituents is 1. The molecule has 0 radical (unpaired) electrons. The molecule has 2 aromatic carbocycles. The molecule has 27 heavy (non-hydrogen) atoms. The van der Waals surface area contributed by atoms with Gasteiger partial charge in [-0.15, -0.1) is 0 Å². The molecule has 0 spiro atoms. The molecule has 1 heterocycles. The van der Waals surface area contributed by atoms with Crippen LogP contribution >= 0.6 is 0 Å². The van der Waals surface area contributed by atoms with Crippen LogP contribution in [0.4, 0.5) is 18.9 Å². The molecule has 3 rings (SSSR count). The fourth-order valence-corrected chi connectivity index (χ4v) is 2.52. The number of halogens is 3. The van der Waals surface area contributed by atoms with E-state index >= 15 is 0 Å². The minimum Gasteiger partial charge on any atom is -0.279 e. The van der Waals surface area contributed by atoms with Gasteiger partial charge < -0.3 is 0 Å². The highest BCUT2D eigenvalue weighted by Crippen LogP contribution is 2.23. The highest BCUT2D eigenvalue weighted by atomic mass is 19.4. The van der Waals surface area contributed by atoms with E-state index in [0.717, 1.165) is 11.1 Å². The van der Waals surface area contributed by atoms with Crippen molar-refractivity contribution in [2.75, 3.05) is 13.1 Å². The molecular formula is C17H13F3N4O3. The van der Waals surface area contributed by atoms with E-state index in [-0.39, 0.29) is 18.1 Å². The first-order chi connectivity index (χ1) is 12.7. The molecule has 0 aliphatic carbocycles. The lowest BCUT2D eigenvalue weighted by Crippen LogP contribution is -2.54. The molecule has 0 unspecified atom stereocenters. The van der Waals surface area contributed by atoms with Crippen LogP contribution in [0.5, 0.6) is 0 Å². The Morgan fingerprint density at radius 1 is 1.04 bits per heavy atom. The van der Waals surface area contributed by atoms with Crippen molar-refractivity contribution in [2.45, 2.75) is 6.18 Å². The van der Waals surface area contributed by atoms with Gasteiger partial charge in [0.2, 0.25) is 0 Å². The van der Waals surface area contributed by atoms with Crippen molar-refractivity contribution < 1.29 is 22.9 Å². The molecule has 2 aromatic rings. The summed E-state index contributed by atoms with van der Waals surface area (Å²) in [4.78, 5) is 25.7. The minimum absolute atomic E-state index is 0.0226. The number of rotatable bonds is 4. The fourth-order valence-electron chi connectivity index (χ4n) is 2.52. The summed E-state index contributed by atoms with van der Waals surface area (Å²) >= 11 is 0. The second kappa shape index (κ2) is 7.06. The third-order valence-corrected chi connectivity index (χ3v) is 3.82. The molecule has 0 saturated carbocycles. The number of hydrogen-bond acceptors (Lipinski definition) is 5. The van der Waals surface area contributed by atoms with Gasteiger partial charge in [0.05, 0.1) is 4.92 Å². The van der Waals surface area contributed by atoms with E-state index in [9.17, 15) is 28.1 Å². The number of hydrazine groups is 1. The zero-order valence-corrected chi connectivity index (χ0v) is 13.7. The van der Waals surface area contributed by atoms with E-state index in [1.807, 2.05) is 0 Å². The maximum absolute atomic E-state index is 12.5. The molecular weight excluding hydrogens is 365 g/mol. The Kier molecular flexibility index (Phi) is 4.80. The average Bonchev–Trinajstić information content (AvgIpc) is 2.63. The molecule has 10 heteroatoms. The van der Waals surface area contributed by atoms with Crippen LogP contribution < -0.4 is 5.43 Å². The number of benzene rings is 2. The molecule has 1 aliphatic heterocycles. The Morgan fingerprint density at radius 2 is 1.56 bits per heavy atom. The molecule has 1 amide bonds. The maximum atomic E-state index is 12.5. The van der Waals surface area contributed by atoms with E-state index < -0.39 is 23.6 Å². The Labute approximate surface area is 151 Å². The van der Waals surface area contributed by atoms with E-state index in [1.54, 1.807) is 36.4 Å². The number of hydrogen-bond donors (Lipinski definition) is 1. The monoisotopic (exact) mass is 378 g/mol. The molecule has 140 valence electrons. The largest absolute Gasteiger partial charge is 0.408 e. The van der Waals surface area contributed by atoms with E-state index in [2.05, 4.69) is 10.4 Å². The van der Waals surface area contributed by atoms with Gasteiger partial charge in [0.25, 0.3) is 11.6 Å². The second-order valence-corrected chi connectivity index (χ2v) is 5.75. The fraction of sp³-hybridized carbons (Fsp3) is 0.176. The number of nitrogens with one attached hydrogen (secondary N) is 1. The van der Waals surface area contributed by atoms with Gasteiger partial charge in [-0.1, -0.05) is 24.3 Å². The first-order valence-electron chi connectivity index (χ1n) is 7.76. The number of nitrogens with zero attached hydrogens (tertiary/aromatic N) is 3. The third kappa shape index (κ3) is 4.40. The lowest BCUT2D eigenvalue weighted by molar-refractivity contribution is -0.384. The summed E-state index contributed by atoms with van der Waals surface area (Å²) in [5.41, 5.74) is 4.41. The average molecular weight is 378 g/mol. The zero-order valence-electron chi connectivity index (χ0n) is 13.7. The summed E-state index contributed by atoms with van der Waals surface area (Å²) in [5.74, 6) is -0.604. The summed E-state index contributed by atoms with van der Waals surface area (Å²) in [5, 5.41) is 11.2. The Bertz CT molecular complexity index is 893. The van der Waals surface area contributed by atoms with Crippen LogP contribution in [0.25, 0.3) is 11.1 Å². The normalized spacial score (nSPS) is 14.6. The highest BCUT2D eigenvalue weighted by molar-refractivity contribution is 6.02. The third-order valence-electron chi connectivity index (χ3n) is 3.82. The van der Waals surface area contributed by atoms with Crippen molar-refractivity contribution in [1.82, 2.24) is 10.4 Å². The maximum Gasteiger partial charge on any atom is 0.408 e. The standard InChI is InChI=1S/C17H13F3N4O3/c18-17(19,20)10-23-15(25)9-21-16(22-23)13-3-1-11(2-4-13)12-5-7-14(8-6-12)24(26)27/h1-8H,9-10H2,(H,21,22). The second-order valence-electron chi connectivity index (χ2n) is 5.75. The number of carbonyl (C=O) groups excluding carboxylic acids is 1. The van der Waals surface area contributed by atoms with Crippen LogP contribution in [-0.2, 0) is 4.79 Å². The van der Waals surface area contributed by atoms with E-state index in [0.29, 0.717) is 10.6 Å².